The van der Waals surface area contributed by atoms with Crippen molar-refractivity contribution < 1.29 is 28.5 Å². The molecule has 6 rings (SSSR count). The zero-order chi connectivity index (χ0) is 36.1. The number of imidazole rings is 1. The van der Waals surface area contributed by atoms with E-state index >= 15 is 0 Å². The standard InChI is InChI=1S/C39H46Cl2N4O6/c1-5-51-21-20-45-32-9-7-6-8-31(32)42-37(45)35(46)26-12-16-43(17-13-26)18-14-39(28-10-11-29(40)30(41)24-28)15-19-44(25-39)38(47)27-22-33(48-2)36(50-4)34(23-27)49-3/h6-11,22-24,26H,5,12-21,25H2,1-4H3. The molecule has 0 spiro atoms. The number of ether oxygens (including phenoxy) is 4. The number of methoxy groups -OCH3 is 3. The molecule has 0 bridgehead atoms. The predicted molar refractivity (Wildman–Crippen MR) is 199 cm³/mol. The van der Waals surface area contributed by atoms with E-state index in [1.807, 2.05) is 58.9 Å². The summed E-state index contributed by atoms with van der Waals surface area (Å²) in [7, 11) is 4.61. The number of aromatic nitrogens is 2. The lowest BCUT2D eigenvalue weighted by Crippen LogP contribution is -2.41. The molecule has 1 amide bonds. The van der Waals surface area contributed by atoms with Crippen molar-refractivity contribution in [1.29, 1.82) is 0 Å². The SMILES string of the molecule is CCOCCn1c(C(=O)C2CCN(CCC3(c4ccc(Cl)c(Cl)c4)CCN(C(=O)c4cc(OC)c(OC)c(OC)c4)C3)CC2)nc2ccccc21. The molecular weight excluding hydrogens is 691 g/mol. The molecule has 1 unspecified atom stereocenters. The van der Waals surface area contributed by atoms with Gasteiger partial charge in [-0.1, -0.05) is 41.4 Å². The van der Waals surface area contributed by atoms with E-state index < -0.39 is 0 Å². The summed E-state index contributed by atoms with van der Waals surface area (Å²) >= 11 is 12.9. The van der Waals surface area contributed by atoms with Gasteiger partial charge in [0.2, 0.25) is 11.5 Å². The highest BCUT2D eigenvalue weighted by atomic mass is 35.5. The van der Waals surface area contributed by atoms with Crippen LogP contribution in [0.5, 0.6) is 17.2 Å². The number of ketones is 1. The first-order valence-corrected chi connectivity index (χ1v) is 18.3. The molecular formula is C39H46Cl2N4O6. The van der Waals surface area contributed by atoms with E-state index in [1.54, 1.807) is 12.1 Å². The third-order valence-corrected chi connectivity index (χ3v) is 11.2. The molecule has 3 heterocycles. The third-order valence-electron chi connectivity index (χ3n) is 10.5. The summed E-state index contributed by atoms with van der Waals surface area (Å²) in [6, 6.07) is 17.1. The van der Waals surface area contributed by atoms with E-state index in [0.717, 1.165) is 61.9 Å². The Kier molecular flexibility index (Phi) is 11.8. The summed E-state index contributed by atoms with van der Waals surface area (Å²) in [6.07, 6.45) is 3.11. The molecule has 1 aromatic heterocycles. The Hall–Kier alpha value is -3.83. The van der Waals surface area contributed by atoms with E-state index in [9.17, 15) is 9.59 Å². The van der Waals surface area contributed by atoms with Crippen LogP contribution in [0.4, 0.5) is 0 Å². The molecule has 12 heteroatoms. The fourth-order valence-electron chi connectivity index (χ4n) is 7.61. The van der Waals surface area contributed by atoms with E-state index in [1.165, 1.54) is 21.3 Å². The summed E-state index contributed by atoms with van der Waals surface area (Å²) in [5.74, 6) is 1.73. The van der Waals surface area contributed by atoms with Gasteiger partial charge in [-0.3, -0.25) is 9.59 Å². The lowest BCUT2D eigenvalue weighted by molar-refractivity contribution is 0.0777. The van der Waals surface area contributed by atoms with Gasteiger partial charge in [0.15, 0.2) is 17.3 Å². The number of para-hydroxylation sites is 2. The number of likely N-dealkylation sites (tertiary alicyclic amines) is 2. The second kappa shape index (κ2) is 16.2. The molecule has 2 fully saturated rings. The monoisotopic (exact) mass is 736 g/mol. The van der Waals surface area contributed by atoms with Crippen molar-refractivity contribution in [3.8, 4) is 17.2 Å². The van der Waals surface area contributed by atoms with Crippen molar-refractivity contribution in [2.75, 3.05) is 67.3 Å². The molecule has 2 aliphatic rings. The van der Waals surface area contributed by atoms with Crippen LogP contribution in [-0.4, -0.2) is 98.3 Å². The zero-order valence-electron chi connectivity index (χ0n) is 29.8. The molecule has 3 aromatic carbocycles. The highest BCUT2D eigenvalue weighted by Gasteiger charge is 2.42. The van der Waals surface area contributed by atoms with Gasteiger partial charge < -0.3 is 33.3 Å². The third kappa shape index (κ3) is 7.70. The van der Waals surface area contributed by atoms with Crippen molar-refractivity contribution in [3.63, 3.8) is 0 Å². The van der Waals surface area contributed by atoms with Crippen molar-refractivity contribution in [3.05, 3.63) is 81.6 Å². The van der Waals surface area contributed by atoms with Crippen LogP contribution in [0.15, 0.2) is 54.6 Å². The zero-order valence-corrected chi connectivity index (χ0v) is 31.3. The minimum absolute atomic E-state index is 0.0917. The van der Waals surface area contributed by atoms with Crippen molar-refractivity contribution >= 4 is 45.9 Å². The summed E-state index contributed by atoms with van der Waals surface area (Å²) in [5, 5.41) is 0.992. The van der Waals surface area contributed by atoms with E-state index in [2.05, 4.69) is 4.90 Å². The Morgan fingerprint density at radius 3 is 2.29 bits per heavy atom. The largest absolute Gasteiger partial charge is 0.493 e. The van der Waals surface area contributed by atoms with Gasteiger partial charge in [-0.15, -0.1) is 0 Å². The van der Waals surface area contributed by atoms with Gasteiger partial charge in [-0.25, -0.2) is 4.98 Å². The number of carbonyl (C=O) groups is 2. The quantitative estimate of drug-likeness (QED) is 0.0994. The first-order valence-electron chi connectivity index (χ1n) is 17.6. The van der Waals surface area contributed by atoms with Gasteiger partial charge in [-0.05, 0) is 94.2 Å². The summed E-state index contributed by atoms with van der Waals surface area (Å²) in [5.41, 5.74) is 2.99. The second-order valence-electron chi connectivity index (χ2n) is 13.3. The maximum absolute atomic E-state index is 14.0. The van der Waals surface area contributed by atoms with Crippen LogP contribution in [0, 0.1) is 5.92 Å². The van der Waals surface area contributed by atoms with Crippen LogP contribution in [0.2, 0.25) is 10.0 Å². The van der Waals surface area contributed by atoms with E-state index in [4.69, 9.17) is 47.1 Å². The maximum Gasteiger partial charge on any atom is 0.254 e. The Bertz CT molecular complexity index is 1850. The maximum atomic E-state index is 14.0. The topological polar surface area (TPSA) is 95.4 Å². The number of hydrogen-bond acceptors (Lipinski definition) is 8. The molecule has 0 aliphatic carbocycles. The minimum Gasteiger partial charge on any atom is -0.493 e. The molecule has 0 N–H and O–H groups in total. The number of hydrogen-bond donors (Lipinski definition) is 0. The highest BCUT2D eigenvalue weighted by molar-refractivity contribution is 6.42. The number of Topliss-reactive ketones (excluding diaryl/α,β-unsaturated/α-hetero) is 1. The summed E-state index contributed by atoms with van der Waals surface area (Å²) in [6.45, 7) is 7.25. The Labute approximate surface area is 309 Å². The van der Waals surface area contributed by atoms with Crippen LogP contribution in [0.25, 0.3) is 11.0 Å². The molecule has 2 aliphatic heterocycles. The van der Waals surface area contributed by atoms with Gasteiger partial charge in [-0.2, -0.15) is 0 Å². The fourth-order valence-corrected chi connectivity index (χ4v) is 7.90. The molecule has 1 atom stereocenters. The van der Waals surface area contributed by atoms with Gasteiger partial charge in [0, 0.05) is 43.1 Å². The number of carbonyl (C=O) groups excluding carboxylic acids is 2. The smallest absolute Gasteiger partial charge is 0.254 e. The molecule has 4 aromatic rings. The number of rotatable bonds is 14. The molecule has 272 valence electrons. The Morgan fingerprint density at radius 1 is 0.902 bits per heavy atom. The van der Waals surface area contributed by atoms with Crippen molar-refractivity contribution in [1.82, 2.24) is 19.4 Å². The lowest BCUT2D eigenvalue weighted by Gasteiger charge is -2.36. The van der Waals surface area contributed by atoms with E-state index in [-0.39, 0.29) is 23.0 Å². The van der Waals surface area contributed by atoms with Crippen LogP contribution >= 0.6 is 23.2 Å². The van der Waals surface area contributed by atoms with Gasteiger partial charge in [0.05, 0.1) is 49.0 Å². The fraction of sp³-hybridized carbons (Fsp3) is 0.462. The van der Waals surface area contributed by atoms with Gasteiger partial charge in [0.25, 0.3) is 5.91 Å². The molecule has 0 radical (unpaired) electrons. The first kappa shape index (κ1) is 36.9. The average Bonchev–Trinajstić information content (AvgIpc) is 3.77. The second-order valence-corrected chi connectivity index (χ2v) is 14.1. The minimum atomic E-state index is -0.331. The van der Waals surface area contributed by atoms with E-state index in [0.29, 0.717) is 71.5 Å². The van der Waals surface area contributed by atoms with Gasteiger partial charge >= 0.3 is 0 Å². The average molecular weight is 738 g/mol. The number of piperidine rings is 1. The number of halogens is 2. The normalized spacial score (nSPS) is 18.4. The Balaban J connectivity index is 1.16. The molecule has 51 heavy (non-hydrogen) atoms. The predicted octanol–water partition coefficient (Wildman–Crippen LogP) is 7.17. The van der Waals surface area contributed by atoms with Crippen LogP contribution in [-0.2, 0) is 16.7 Å². The van der Waals surface area contributed by atoms with Crippen molar-refractivity contribution in [2.24, 2.45) is 5.92 Å². The number of amides is 1. The Morgan fingerprint density at radius 2 is 1.63 bits per heavy atom. The van der Waals surface area contributed by atoms with Crippen LogP contribution < -0.4 is 14.2 Å². The number of benzene rings is 3. The molecule has 2 saturated heterocycles. The number of nitrogens with zero attached hydrogens (tertiary/aromatic N) is 4. The first-order chi connectivity index (χ1) is 24.7. The lowest BCUT2D eigenvalue weighted by atomic mass is 9.76. The van der Waals surface area contributed by atoms with Crippen LogP contribution in [0.1, 0.15) is 59.1 Å². The highest BCUT2D eigenvalue weighted by Crippen LogP contribution is 2.43. The summed E-state index contributed by atoms with van der Waals surface area (Å²) < 4.78 is 24.2. The van der Waals surface area contributed by atoms with Crippen molar-refractivity contribution in [2.45, 2.75) is 44.6 Å². The number of fused-ring (bicyclic) bond motifs is 1. The van der Waals surface area contributed by atoms with Gasteiger partial charge in [0.1, 0.15) is 0 Å². The summed E-state index contributed by atoms with van der Waals surface area (Å²) in [4.78, 5) is 37.0. The molecule has 10 nitrogen and oxygen atoms in total. The van der Waals surface area contributed by atoms with Crippen LogP contribution in [0.3, 0.4) is 0 Å². The molecule has 0 saturated carbocycles.